The highest BCUT2D eigenvalue weighted by molar-refractivity contribution is 5.90. The third-order valence-corrected chi connectivity index (χ3v) is 3.28. The molecule has 0 saturated heterocycles. The van der Waals surface area contributed by atoms with Crippen molar-refractivity contribution in [3.05, 3.63) is 41.9 Å². The summed E-state index contributed by atoms with van der Waals surface area (Å²) in [5.74, 6) is 0. The lowest BCUT2D eigenvalue weighted by Crippen LogP contribution is -2.12. The summed E-state index contributed by atoms with van der Waals surface area (Å²) in [4.78, 5) is 19.1. The van der Waals surface area contributed by atoms with E-state index >= 15 is 0 Å². The molecule has 0 unspecified atom stereocenters. The monoisotopic (exact) mass is 322 g/mol. The van der Waals surface area contributed by atoms with E-state index in [2.05, 4.69) is 15.1 Å². The molecular weight excluding hydrogens is 313 g/mol. The van der Waals surface area contributed by atoms with Crippen molar-refractivity contribution in [2.24, 2.45) is 0 Å². The van der Waals surface area contributed by atoms with Crippen LogP contribution in [-0.4, -0.2) is 30.9 Å². The number of carboxylic acid groups (broad SMARTS) is 1. The highest BCUT2D eigenvalue weighted by Gasteiger charge is 2.36. The zero-order valence-electron chi connectivity index (χ0n) is 11.7. The predicted octanol–water partition coefficient (Wildman–Crippen LogP) is 3.35. The third-order valence-electron chi connectivity index (χ3n) is 3.28. The number of nitrogens with zero attached hydrogens (tertiary/aromatic N) is 4. The standard InChI is InChI=1S/C14H9F3N4O2/c1-7-11-9(14(15,16)17)6-10(8-2-4-18-5-3-8)19-12(11)21(20-7)13(22)23/h2-6H,1H3,(H,22,23). The number of hydrogen-bond acceptors (Lipinski definition) is 4. The topological polar surface area (TPSA) is 80.9 Å². The Labute approximate surface area is 127 Å². The zero-order chi connectivity index (χ0) is 16.8. The van der Waals surface area contributed by atoms with Gasteiger partial charge in [-0.3, -0.25) is 4.98 Å². The molecule has 6 nitrogen and oxygen atoms in total. The summed E-state index contributed by atoms with van der Waals surface area (Å²) in [5.41, 5.74) is -0.989. The van der Waals surface area contributed by atoms with Crippen molar-refractivity contribution in [1.29, 1.82) is 0 Å². The minimum absolute atomic E-state index is 0.00498. The van der Waals surface area contributed by atoms with Gasteiger partial charge in [-0.25, -0.2) is 9.78 Å². The molecule has 3 aromatic rings. The predicted molar refractivity (Wildman–Crippen MR) is 73.9 cm³/mol. The van der Waals surface area contributed by atoms with Crippen LogP contribution in [0.1, 0.15) is 11.3 Å². The Bertz CT molecular complexity index is 904. The molecule has 1 N–H and O–H groups in total. The Balaban J connectivity index is 2.42. The highest BCUT2D eigenvalue weighted by atomic mass is 19.4. The first kappa shape index (κ1) is 14.9. The zero-order valence-corrected chi connectivity index (χ0v) is 11.7. The maximum atomic E-state index is 13.4. The number of pyridine rings is 2. The van der Waals surface area contributed by atoms with E-state index < -0.39 is 17.8 Å². The van der Waals surface area contributed by atoms with E-state index in [0.29, 0.717) is 10.2 Å². The molecule has 0 saturated carbocycles. The van der Waals surface area contributed by atoms with E-state index in [1.165, 1.54) is 31.5 Å². The minimum atomic E-state index is -4.67. The fourth-order valence-electron chi connectivity index (χ4n) is 2.32. The summed E-state index contributed by atoms with van der Waals surface area (Å²) in [7, 11) is 0. The summed E-state index contributed by atoms with van der Waals surface area (Å²) in [6, 6.07) is 3.86. The van der Waals surface area contributed by atoms with Gasteiger partial charge in [-0.05, 0) is 25.1 Å². The maximum absolute atomic E-state index is 13.4. The molecule has 23 heavy (non-hydrogen) atoms. The Hall–Kier alpha value is -2.97. The van der Waals surface area contributed by atoms with Gasteiger partial charge in [-0.2, -0.15) is 18.3 Å². The number of aryl methyl sites for hydroxylation is 1. The van der Waals surface area contributed by atoms with Crippen molar-refractivity contribution in [2.45, 2.75) is 13.1 Å². The van der Waals surface area contributed by atoms with Gasteiger partial charge < -0.3 is 5.11 Å². The normalized spacial score (nSPS) is 11.8. The number of carbonyl (C=O) groups is 1. The van der Waals surface area contributed by atoms with Crippen molar-refractivity contribution in [1.82, 2.24) is 19.7 Å². The SMILES string of the molecule is Cc1nn(C(=O)O)c2nc(-c3ccncc3)cc(C(F)(F)F)c12. The molecule has 3 heterocycles. The van der Waals surface area contributed by atoms with Crippen LogP contribution in [0.15, 0.2) is 30.6 Å². The van der Waals surface area contributed by atoms with Crippen LogP contribution in [0.25, 0.3) is 22.3 Å². The van der Waals surface area contributed by atoms with Gasteiger partial charge in [0.2, 0.25) is 0 Å². The van der Waals surface area contributed by atoms with Gasteiger partial charge >= 0.3 is 12.3 Å². The summed E-state index contributed by atoms with van der Waals surface area (Å²) in [6.45, 7) is 1.31. The van der Waals surface area contributed by atoms with Crippen LogP contribution in [0.3, 0.4) is 0 Å². The Morgan fingerprint density at radius 2 is 1.91 bits per heavy atom. The lowest BCUT2D eigenvalue weighted by Gasteiger charge is -2.11. The van der Waals surface area contributed by atoms with Crippen LogP contribution in [0.5, 0.6) is 0 Å². The number of rotatable bonds is 1. The van der Waals surface area contributed by atoms with E-state index in [-0.39, 0.29) is 22.4 Å². The van der Waals surface area contributed by atoms with Gasteiger partial charge in [0.05, 0.1) is 22.3 Å². The van der Waals surface area contributed by atoms with Crippen LogP contribution in [0, 0.1) is 6.92 Å². The van der Waals surface area contributed by atoms with E-state index in [1.54, 1.807) is 0 Å². The molecule has 0 spiro atoms. The average molecular weight is 322 g/mol. The van der Waals surface area contributed by atoms with Crippen molar-refractivity contribution in [2.75, 3.05) is 0 Å². The number of aromatic nitrogens is 4. The summed E-state index contributed by atoms with van der Waals surface area (Å²) in [5, 5.41) is 12.4. The van der Waals surface area contributed by atoms with Crippen LogP contribution in [-0.2, 0) is 6.18 Å². The molecule has 0 radical (unpaired) electrons. The smallest absolute Gasteiger partial charge is 0.434 e. The van der Waals surface area contributed by atoms with E-state index in [9.17, 15) is 18.0 Å². The maximum Gasteiger partial charge on any atom is 0.434 e. The first-order valence-corrected chi connectivity index (χ1v) is 6.40. The molecular formula is C14H9F3N4O2. The largest absolute Gasteiger partial charge is 0.463 e. The van der Waals surface area contributed by atoms with Crippen LogP contribution in [0.4, 0.5) is 18.0 Å². The summed E-state index contributed by atoms with van der Waals surface area (Å²) < 4.78 is 40.6. The second kappa shape index (κ2) is 5.04. The number of halogens is 3. The van der Waals surface area contributed by atoms with Crippen LogP contribution in [0.2, 0.25) is 0 Å². The van der Waals surface area contributed by atoms with Gasteiger partial charge in [0.1, 0.15) is 0 Å². The van der Waals surface area contributed by atoms with Crippen LogP contribution < -0.4 is 0 Å². The van der Waals surface area contributed by atoms with Crippen LogP contribution >= 0.6 is 0 Å². The van der Waals surface area contributed by atoms with Crippen molar-refractivity contribution in [3.63, 3.8) is 0 Å². The average Bonchev–Trinajstić information content (AvgIpc) is 2.84. The Morgan fingerprint density at radius 3 is 2.48 bits per heavy atom. The molecule has 9 heteroatoms. The Morgan fingerprint density at radius 1 is 1.26 bits per heavy atom. The third kappa shape index (κ3) is 2.50. The van der Waals surface area contributed by atoms with E-state index in [1.807, 2.05) is 0 Å². The molecule has 0 bridgehead atoms. The van der Waals surface area contributed by atoms with E-state index in [0.717, 1.165) is 6.07 Å². The van der Waals surface area contributed by atoms with Crippen molar-refractivity contribution >= 4 is 17.1 Å². The first-order valence-electron chi connectivity index (χ1n) is 6.40. The minimum Gasteiger partial charge on any atom is -0.463 e. The van der Waals surface area contributed by atoms with Gasteiger partial charge in [0.25, 0.3) is 0 Å². The number of alkyl halides is 3. The summed E-state index contributed by atoms with van der Waals surface area (Å²) >= 11 is 0. The fraction of sp³-hybridized carbons (Fsp3) is 0.143. The fourth-order valence-corrected chi connectivity index (χ4v) is 2.32. The van der Waals surface area contributed by atoms with E-state index in [4.69, 9.17) is 5.11 Å². The molecule has 3 aromatic heterocycles. The molecule has 0 aliphatic rings. The molecule has 118 valence electrons. The molecule has 0 fully saturated rings. The molecule has 0 aliphatic carbocycles. The summed E-state index contributed by atoms with van der Waals surface area (Å²) in [6.07, 6.45) is -3.35. The first-order chi connectivity index (χ1) is 10.8. The molecule has 0 aliphatic heterocycles. The van der Waals surface area contributed by atoms with Crippen molar-refractivity contribution < 1.29 is 23.1 Å². The molecule has 0 aromatic carbocycles. The van der Waals surface area contributed by atoms with Gasteiger partial charge in [0, 0.05) is 18.0 Å². The lowest BCUT2D eigenvalue weighted by atomic mass is 10.1. The second-order valence-electron chi connectivity index (χ2n) is 4.77. The number of hydrogen-bond donors (Lipinski definition) is 1. The molecule has 0 amide bonds. The highest BCUT2D eigenvalue weighted by Crippen LogP contribution is 2.37. The quantitative estimate of drug-likeness (QED) is 0.743. The van der Waals surface area contributed by atoms with Gasteiger partial charge in [0.15, 0.2) is 5.65 Å². The van der Waals surface area contributed by atoms with Gasteiger partial charge in [-0.1, -0.05) is 0 Å². The second-order valence-corrected chi connectivity index (χ2v) is 4.77. The lowest BCUT2D eigenvalue weighted by molar-refractivity contribution is -0.136. The molecule has 3 rings (SSSR count). The van der Waals surface area contributed by atoms with Crippen molar-refractivity contribution in [3.8, 4) is 11.3 Å². The number of fused-ring (bicyclic) bond motifs is 1. The Kier molecular flexibility index (Phi) is 3.28. The molecule has 0 atom stereocenters. The van der Waals surface area contributed by atoms with Gasteiger partial charge in [-0.15, -0.1) is 4.68 Å².